The maximum absolute atomic E-state index is 5.21. The predicted octanol–water partition coefficient (Wildman–Crippen LogP) is 1.08. The lowest BCUT2D eigenvalue weighted by molar-refractivity contribution is 0.202. The molecule has 0 aromatic carbocycles. The Kier molecular flexibility index (Phi) is 4.88. The molecule has 1 N–H and O–H groups in total. The SMILES string of the molecule is C#CCCCN(C)C1CCCNC1. The quantitative estimate of drug-likeness (QED) is 0.514. The summed E-state index contributed by atoms with van der Waals surface area (Å²) in [6.45, 7) is 3.47. The van der Waals surface area contributed by atoms with Crippen LogP contribution in [0.4, 0.5) is 0 Å². The highest BCUT2D eigenvalue weighted by molar-refractivity contribution is 4.84. The van der Waals surface area contributed by atoms with Gasteiger partial charge in [-0.2, -0.15) is 0 Å². The summed E-state index contributed by atoms with van der Waals surface area (Å²) >= 11 is 0. The van der Waals surface area contributed by atoms with Gasteiger partial charge in [-0.15, -0.1) is 12.3 Å². The van der Waals surface area contributed by atoms with Gasteiger partial charge in [-0.25, -0.2) is 0 Å². The van der Waals surface area contributed by atoms with Gasteiger partial charge in [-0.05, 0) is 39.4 Å². The largest absolute Gasteiger partial charge is 0.315 e. The van der Waals surface area contributed by atoms with Gasteiger partial charge in [0.15, 0.2) is 0 Å². The van der Waals surface area contributed by atoms with E-state index >= 15 is 0 Å². The molecule has 0 aromatic rings. The molecule has 74 valence electrons. The second kappa shape index (κ2) is 6.01. The molecule has 0 spiro atoms. The molecule has 1 aliphatic heterocycles. The Morgan fingerprint density at radius 2 is 2.46 bits per heavy atom. The van der Waals surface area contributed by atoms with E-state index in [4.69, 9.17) is 6.42 Å². The van der Waals surface area contributed by atoms with Crippen LogP contribution in [0.2, 0.25) is 0 Å². The first-order valence-corrected chi connectivity index (χ1v) is 5.19. The van der Waals surface area contributed by atoms with Gasteiger partial charge in [0.1, 0.15) is 0 Å². The molecule has 1 saturated heterocycles. The van der Waals surface area contributed by atoms with Crippen LogP contribution in [-0.2, 0) is 0 Å². The van der Waals surface area contributed by atoms with Crippen molar-refractivity contribution in [2.75, 3.05) is 26.7 Å². The number of rotatable bonds is 4. The second-order valence-corrected chi connectivity index (χ2v) is 3.79. The first kappa shape index (κ1) is 10.6. The topological polar surface area (TPSA) is 15.3 Å². The summed E-state index contributed by atoms with van der Waals surface area (Å²) in [6.07, 6.45) is 9.89. The minimum Gasteiger partial charge on any atom is -0.315 e. The van der Waals surface area contributed by atoms with Crippen LogP contribution in [0, 0.1) is 12.3 Å². The van der Waals surface area contributed by atoms with Crippen LogP contribution < -0.4 is 5.32 Å². The zero-order chi connectivity index (χ0) is 9.52. The van der Waals surface area contributed by atoms with Crippen molar-refractivity contribution in [3.05, 3.63) is 0 Å². The molecule has 1 heterocycles. The van der Waals surface area contributed by atoms with Crippen molar-refractivity contribution >= 4 is 0 Å². The molecule has 0 bridgehead atoms. The maximum Gasteiger partial charge on any atom is 0.0218 e. The lowest BCUT2D eigenvalue weighted by atomic mass is 10.1. The van der Waals surface area contributed by atoms with E-state index in [0.717, 1.165) is 32.0 Å². The van der Waals surface area contributed by atoms with E-state index in [0.29, 0.717) is 0 Å². The summed E-state index contributed by atoms with van der Waals surface area (Å²) in [5.41, 5.74) is 0. The zero-order valence-corrected chi connectivity index (χ0v) is 8.55. The summed E-state index contributed by atoms with van der Waals surface area (Å²) in [5, 5.41) is 3.42. The molecule has 0 saturated carbocycles. The average Bonchev–Trinajstić information content (AvgIpc) is 2.19. The monoisotopic (exact) mass is 180 g/mol. The summed E-state index contributed by atoms with van der Waals surface area (Å²) in [4.78, 5) is 2.43. The maximum atomic E-state index is 5.21. The molecule has 2 nitrogen and oxygen atoms in total. The number of terminal acetylenes is 1. The Labute approximate surface area is 81.7 Å². The van der Waals surface area contributed by atoms with Gasteiger partial charge in [0, 0.05) is 19.0 Å². The standard InChI is InChI=1S/C11H20N2/c1-3-4-5-9-13(2)11-7-6-8-12-10-11/h1,11-12H,4-10H2,2H3. The van der Waals surface area contributed by atoms with Gasteiger partial charge >= 0.3 is 0 Å². The Morgan fingerprint density at radius 3 is 3.08 bits per heavy atom. The average molecular weight is 180 g/mol. The van der Waals surface area contributed by atoms with E-state index in [1.54, 1.807) is 0 Å². The van der Waals surface area contributed by atoms with Gasteiger partial charge < -0.3 is 10.2 Å². The van der Waals surface area contributed by atoms with Gasteiger partial charge in [-0.3, -0.25) is 0 Å². The molecular formula is C11H20N2. The number of hydrogen-bond acceptors (Lipinski definition) is 2. The Balaban J connectivity index is 2.14. The number of unbranched alkanes of at least 4 members (excludes halogenated alkanes) is 1. The van der Waals surface area contributed by atoms with Crippen molar-refractivity contribution in [3.63, 3.8) is 0 Å². The van der Waals surface area contributed by atoms with Gasteiger partial charge in [0.05, 0.1) is 0 Å². The van der Waals surface area contributed by atoms with Crippen LogP contribution in [0.25, 0.3) is 0 Å². The molecule has 2 heteroatoms. The molecule has 1 atom stereocenters. The highest BCUT2D eigenvalue weighted by Gasteiger charge is 2.16. The minimum atomic E-state index is 0.728. The van der Waals surface area contributed by atoms with Crippen LogP contribution in [0.15, 0.2) is 0 Å². The van der Waals surface area contributed by atoms with E-state index in [9.17, 15) is 0 Å². The van der Waals surface area contributed by atoms with Crippen molar-refractivity contribution < 1.29 is 0 Å². The third kappa shape index (κ3) is 3.80. The summed E-state index contributed by atoms with van der Waals surface area (Å²) < 4.78 is 0. The van der Waals surface area contributed by atoms with E-state index in [1.807, 2.05) is 0 Å². The summed E-state index contributed by atoms with van der Waals surface area (Å²) in [7, 11) is 2.20. The number of nitrogens with zero attached hydrogens (tertiary/aromatic N) is 1. The van der Waals surface area contributed by atoms with E-state index < -0.39 is 0 Å². The fourth-order valence-electron chi connectivity index (χ4n) is 1.82. The fourth-order valence-corrected chi connectivity index (χ4v) is 1.82. The number of likely N-dealkylation sites (N-methyl/N-ethyl adjacent to an activating group) is 1. The molecule has 0 aliphatic carbocycles. The smallest absolute Gasteiger partial charge is 0.0218 e. The molecular weight excluding hydrogens is 160 g/mol. The molecule has 1 rings (SSSR count). The van der Waals surface area contributed by atoms with Crippen molar-refractivity contribution in [2.24, 2.45) is 0 Å². The molecule has 1 aliphatic rings. The third-order valence-corrected chi connectivity index (χ3v) is 2.73. The van der Waals surface area contributed by atoms with Crippen molar-refractivity contribution in [2.45, 2.75) is 31.7 Å². The Morgan fingerprint density at radius 1 is 1.62 bits per heavy atom. The first-order chi connectivity index (χ1) is 6.34. The highest BCUT2D eigenvalue weighted by Crippen LogP contribution is 2.08. The second-order valence-electron chi connectivity index (χ2n) is 3.79. The minimum absolute atomic E-state index is 0.728. The first-order valence-electron chi connectivity index (χ1n) is 5.19. The van der Waals surface area contributed by atoms with Gasteiger partial charge in [-0.1, -0.05) is 0 Å². The van der Waals surface area contributed by atoms with E-state index in [2.05, 4.69) is 23.2 Å². The summed E-state index contributed by atoms with van der Waals surface area (Å²) in [6, 6.07) is 0.728. The van der Waals surface area contributed by atoms with Crippen LogP contribution in [0.5, 0.6) is 0 Å². The third-order valence-electron chi connectivity index (χ3n) is 2.73. The molecule has 0 radical (unpaired) electrons. The predicted molar refractivity (Wildman–Crippen MR) is 56.6 cm³/mol. The van der Waals surface area contributed by atoms with Gasteiger partial charge in [0.25, 0.3) is 0 Å². The Hall–Kier alpha value is -0.520. The van der Waals surface area contributed by atoms with E-state index in [-0.39, 0.29) is 0 Å². The Bertz CT molecular complexity index is 165. The normalized spacial score (nSPS) is 23.0. The van der Waals surface area contributed by atoms with Crippen LogP contribution in [-0.4, -0.2) is 37.6 Å². The number of hydrogen-bond donors (Lipinski definition) is 1. The van der Waals surface area contributed by atoms with Crippen LogP contribution in [0.3, 0.4) is 0 Å². The molecule has 0 aromatic heterocycles. The lowest BCUT2D eigenvalue weighted by Gasteiger charge is -2.31. The van der Waals surface area contributed by atoms with Crippen molar-refractivity contribution in [3.8, 4) is 12.3 Å². The number of piperidine rings is 1. The molecule has 1 fully saturated rings. The molecule has 13 heavy (non-hydrogen) atoms. The van der Waals surface area contributed by atoms with Crippen LogP contribution in [0.1, 0.15) is 25.7 Å². The summed E-state index contributed by atoms with van der Waals surface area (Å²) in [5.74, 6) is 2.68. The highest BCUT2D eigenvalue weighted by atomic mass is 15.1. The van der Waals surface area contributed by atoms with Crippen LogP contribution >= 0.6 is 0 Å². The van der Waals surface area contributed by atoms with E-state index in [1.165, 1.54) is 19.4 Å². The molecule has 0 amide bonds. The molecule has 1 unspecified atom stereocenters. The van der Waals surface area contributed by atoms with Crippen molar-refractivity contribution in [1.82, 2.24) is 10.2 Å². The lowest BCUT2D eigenvalue weighted by Crippen LogP contribution is -2.44. The van der Waals surface area contributed by atoms with Crippen molar-refractivity contribution in [1.29, 1.82) is 0 Å². The fraction of sp³-hybridized carbons (Fsp3) is 0.818. The van der Waals surface area contributed by atoms with Gasteiger partial charge in [0.2, 0.25) is 0 Å². The number of nitrogens with one attached hydrogen (secondary N) is 1. The zero-order valence-electron chi connectivity index (χ0n) is 8.55.